The molecule has 0 aliphatic carbocycles. The predicted octanol–water partition coefficient (Wildman–Crippen LogP) is 1.81. The molecule has 1 unspecified atom stereocenters. The number of piperidine rings is 1. The van der Waals surface area contributed by atoms with Gasteiger partial charge >= 0.3 is 0 Å². The highest BCUT2D eigenvalue weighted by Crippen LogP contribution is 2.38. The average Bonchev–Trinajstić information content (AvgIpc) is 2.49. The maximum absolute atomic E-state index is 2.65. The van der Waals surface area contributed by atoms with Crippen molar-refractivity contribution in [3.8, 4) is 0 Å². The smallest absolute Gasteiger partial charge is 0.00534 e. The lowest BCUT2D eigenvalue weighted by Gasteiger charge is -2.39. The molecule has 2 saturated heterocycles. The molecule has 0 saturated carbocycles. The maximum atomic E-state index is 2.65. The molecule has 0 aromatic carbocycles. The molecule has 0 amide bonds. The molecule has 0 aromatic heterocycles. The van der Waals surface area contributed by atoms with E-state index in [0.717, 1.165) is 6.04 Å². The molecule has 2 nitrogen and oxygen atoms in total. The van der Waals surface area contributed by atoms with Crippen LogP contribution in [0.4, 0.5) is 0 Å². The van der Waals surface area contributed by atoms with Crippen LogP contribution in [0.1, 0.15) is 33.1 Å². The van der Waals surface area contributed by atoms with E-state index in [1.165, 1.54) is 45.4 Å². The highest BCUT2D eigenvalue weighted by atomic mass is 15.2. The Labute approximate surface area is 88.3 Å². The van der Waals surface area contributed by atoms with E-state index in [-0.39, 0.29) is 0 Å². The number of rotatable bonds is 1. The molecule has 2 heteroatoms. The van der Waals surface area contributed by atoms with Gasteiger partial charge in [0, 0.05) is 19.1 Å². The minimum atomic E-state index is 0.650. The van der Waals surface area contributed by atoms with Crippen LogP contribution < -0.4 is 0 Å². The van der Waals surface area contributed by atoms with E-state index < -0.39 is 0 Å². The van der Waals surface area contributed by atoms with Gasteiger partial charge in [-0.3, -0.25) is 0 Å². The fourth-order valence-electron chi connectivity index (χ4n) is 3.20. The molecule has 14 heavy (non-hydrogen) atoms. The molecule has 0 bridgehead atoms. The van der Waals surface area contributed by atoms with Gasteiger partial charge in [-0.1, -0.05) is 0 Å². The van der Waals surface area contributed by atoms with Crippen molar-refractivity contribution < 1.29 is 0 Å². The summed E-state index contributed by atoms with van der Waals surface area (Å²) >= 11 is 0. The van der Waals surface area contributed by atoms with E-state index in [4.69, 9.17) is 0 Å². The number of hydrogen-bond donors (Lipinski definition) is 0. The van der Waals surface area contributed by atoms with Gasteiger partial charge in [-0.05, 0) is 58.7 Å². The van der Waals surface area contributed by atoms with Gasteiger partial charge < -0.3 is 9.80 Å². The molecule has 0 aromatic rings. The van der Waals surface area contributed by atoms with Crippen molar-refractivity contribution in [2.45, 2.75) is 39.2 Å². The Morgan fingerprint density at radius 1 is 1.07 bits per heavy atom. The summed E-state index contributed by atoms with van der Waals surface area (Å²) in [7, 11) is 2.28. The molecular weight excluding hydrogens is 172 g/mol. The normalized spacial score (nSPS) is 36.0. The minimum Gasteiger partial charge on any atom is -0.306 e. The minimum absolute atomic E-state index is 0.650. The van der Waals surface area contributed by atoms with Crippen molar-refractivity contribution >= 4 is 0 Å². The van der Waals surface area contributed by atoms with Gasteiger partial charge in [0.25, 0.3) is 0 Å². The zero-order valence-electron chi connectivity index (χ0n) is 9.92. The van der Waals surface area contributed by atoms with Crippen LogP contribution in [0.3, 0.4) is 0 Å². The standard InChI is InChI=1S/C12H24N2/c1-11(2)14-8-6-12(10-14)5-4-7-13(3)9-12/h11H,4-10H2,1-3H3. The molecular formula is C12H24N2. The van der Waals surface area contributed by atoms with Crippen LogP contribution >= 0.6 is 0 Å². The van der Waals surface area contributed by atoms with Crippen LogP contribution in [-0.4, -0.2) is 49.1 Å². The third-order valence-electron chi connectivity index (χ3n) is 4.05. The zero-order chi connectivity index (χ0) is 10.2. The first kappa shape index (κ1) is 10.4. The van der Waals surface area contributed by atoms with Crippen molar-refractivity contribution in [1.29, 1.82) is 0 Å². The van der Waals surface area contributed by atoms with Crippen LogP contribution in [0.5, 0.6) is 0 Å². The summed E-state index contributed by atoms with van der Waals surface area (Å²) in [5.74, 6) is 0. The lowest BCUT2D eigenvalue weighted by atomic mass is 9.79. The van der Waals surface area contributed by atoms with Crippen molar-refractivity contribution in [1.82, 2.24) is 9.80 Å². The molecule has 0 N–H and O–H groups in total. The third kappa shape index (κ3) is 1.96. The summed E-state index contributed by atoms with van der Waals surface area (Å²) < 4.78 is 0. The number of hydrogen-bond acceptors (Lipinski definition) is 2. The first-order chi connectivity index (χ1) is 6.61. The maximum Gasteiger partial charge on any atom is 0.00534 e. The number of nitrogens with zero attached hydrogens (tertiary/aromatic N) is 2. The van der Waals surface area contributed by atoms with Gasteiger partial charge in [0.1, 0.15) is 0 Å². The van der Waals surface area contributed by atoms with E-state index in [9.17, 15) is 0 Å². The topological polar surface area (TPSA) is 6.48 Å². The molecule has 82 valence electrons. The van der Waals surface area contributed by atoms with Crippen LogP contribution in [0.25, 0.3) is 0 Å². The SMILES string of the molecule is CC(C)N1CCC2(CCCN(C)C2)C1. The van der Waals surface area contributed by atoms with Gasteiger partial charge in [-0.25, -0.2) is 0 Å². The second kappa shape index (κ2) is 3.82. The Morgan fingerprint density at radius 2 is 1.86 bits per heavy atom. The summed E-state index contributed by atoms with van der Waals surface area (Å²) in [6.07, 6.45) is 4.29. The molecule has 2 rings (SSSR count). The lowest BCUT2D eigenvalue weighted by Crippen LogP contribution is -2.43. The molecule has 2 aliphatic heterocycles. The Morgan fingerprint density at radius 3 is 2.43 bits per heavy atom. The van der Waals surface area contributed by atoms with E-state index in [1.807, 2.05) is 0 Å². The summed E-state index contributed by atoms with van der Waals surface area (Å²) in [5, 5.41) is 0. The van der Waals surface area contributed by atoms with Gasteiger partial charge in [0.05, 0.1) is 0 Å². The van der Waals surface area contributed by atoms with Gasteiger partial charge in [-0.2, -0.15) is 0 Å². The Kier molecular flexibility index (Phi) is 2.85. The summed E-state index contributed by atoms with van der Waals surface area (Å²) in [6, 6.07) is 0.738. The highest BCUT2D eigenvalue weighted by molar-refractivity contribution is 4.94. The number of likely N-dealkylation sites (tertiary alicyclic amines) is 2. The Bertz CT molecular complexity index is 202. The summed E-state index contributed by atoms with van der Waals surface area (Å²) in [4.78, 5) is 5.17. The highest BCUT2D eigenvalue weighted by Gasteiger charge is 2.40. The fraction of sp³-hybridized carbons (Fsp3) is 1.00. The zero-order valence-corrected chi connectivity index (χ0v) is 9.92. The third-order valence-corrected chi connectivity index (χ3v) is 4.05. The largest absolute Gasteiger partial charge is 0.306 e. The molecule has 0 radical (unpaired) electrons. The van der Waals surface area contributed by atoms with E-state index in [0.29, 0.717) is 5.41 Å². The Hall–Kier alpha value is -0.0800. The van der Waals surface area contributed by atoms with Crippen LogP contribution in [0.15, 0.2) is 0 Å². The van der Waals surface area contributed by atoms with Gasteiger partial charge in [0.2, 0.25) is 0 Å². The molecule has 2 aliphatic rings. The second-order valence-corrected chi connectivity index (χ2v) is 5.66. The van der Waals surface area contributed by atoms with Crippen molar-refractivity contribution in [3.05, 3.63) is 0 Å². The van der Waals surface area contributed by atoms with Gasteiger partial charge in [-0.15, -0.1) is 0 Å². The molecule has 2 fully saturated rings. The van der Waals surface area contributed by atoms with E-state index in [1.54, 1.807) is 0 Å². The van der Waals surface area contributed by atoms with Gasteiger partial charge in [0.15, 0.2) is 0 Å². The second-order valence-electron chi connectivity index (χ2n) is 5.66. The van der Waals surface area contributed by atoms with Crippen molar-refractivity contribution in [3.63, 3.8) is 0 Å². The quantitative estimate of drug-likeness (QED) is 0.631. The van der Waals surface area contributed by atoms with Crippen LogP contribution in [-0.2, 0) is 0 Å². The predicted molar refractivity (Wildman–Crippen MR) is 60.5 cm³/mol. The van der Waals surface area contributed by atoms with E-state index >= 15 is 0 Å². The molecule has 2 heterocycles. The molecule has 1 atom stereocenters. The molecule has 1 spiro atoms. The first-order valence-corrected chi connectivity index (χ1v) is 6.04. The Balaban J connectivity index is 1.97. The van der Waals surface area contributed by atoms with Crippen LogP contribution in [0.2, 0.25) is 0 Å². The lowest BCUT2D eigenvalue weighted by molar-refractivity contribution is 0.108. The fourth-order valence-corrected chi connectivity index (χ4v) is 3.20. The van der Waals surface area contributed by atoms with Crippen molar-refractivity contribution in [2.24, 2.45) is 5.41 Å². The average molecular weight is 196 g/mol. The summed E-state index contributed by atoms with van der Waals surface area (Å²) in [5.41, 5.74) is 0.650. The van der Waals surface area contributed by atoms with Crippen molar-refractivity contribution in [2.75, 3.05) is 33.2 Å². The monoisotopic (exact) mass is 196 g/mol. The van der Waals surface area contributed by atoms with Crippen LogP contribution in [0, 0.1) is 5.41 Å². The van der Waals surface area contributed by atoms with E-state index in [2.05, 4.69) is 30.7 Å². The first-order valence-electron chi connectivity index (χ1n) is 6.04. The summed E-state index contributed by atoms with van der Waals surface area (Å²) in [6.45, 7) is 9.96.